The summed E-state index contributed by atoms with van der Waals surface area (Å²) in [5, 5.41) is 2.51. The van der Waals surface area contributed by atoms with Gasteiger partial charge in [0.1, 0.15) is 0 Å². The highest BCUT2D eigenvalue weighted by Gasteiger charge is 2.26. The fourth-order valence-electron chi connectivity index (χ4n) is 2.04. The number of benzene rings is 1. The third-order valence-electron chi connectivity index (χ3n) is 2.96. The van der Waals surface area contributed by atoms with Crippen LogP contribution < -0.4 is 14.8 Å². The van der Waals surface area contributed by atoms with Crippen LogP contribution in [-0.2, 0) is 16.1 Å². The largest absolute Gasteiger partial charge is 0.454 e. The number of amides is 2. The van der Waals surface area contributed by atoms with Crippen molar-refractivity contribution in [2.75, 3.05) is 19.9 Å². The SMILES string of the molecule is O=C1NCCN(Cc2ccc3c(c2)OCO3)C1=O. The lowest BCUT2D eigenvalue weighted by Crippen LogP contribution is -2.51. The summed E-state index contributed by atoms with van der Waals surface area (Å²) >= 11 is 0. The number of rotatable bonds is 2. The fourth-order valence-corrected chi connectivity index (χ4v) is 2.04. The van der Waals surface area contributed by atoms with Crippen molar-refractivity contribution in [1.29, 1.82) is 0 Å². The highest BCUT2D eigenvalue weighted by molar-refractivity contribution is 6.35. The molecule has 0 atom stereocenters. The van der Waals surface area contributed by atoms with Gasteiger partial charge in [-0.05, 0) is 17.7 Å². The van der Waals surface area contributed by atoms with E-state index in [1.54, 1.807) is 0 Å². The van der Waals surface area contributed by atoms with E-state index < -0.39 is 11.8 Å². The number of fused-ring (bicyclic) bond motifs is 1. The molecule has 0 spiro atoms. The third-order valence-corrected chi connectivity index (χ3v) is 2.96. The zero-order valence-corrected chi connectivity index (χ0v) is 9.64. The molecule has 1 saturated heterocycles. The number of hydrogen-bond donors (Lipinski definition) is 1. The first kappa shape index (κ1) is 10.9. The second-order valence-electron chi connectivity index (χ2n) is 4.17. The van der Waals surface area contributed by atoms with Crippen LogP contribution in [0.2, 0.25) is 0 Å². The van der Waals surface area contributed by atoms with E-state index in [1.165, 1.54) is 4.90 Å². The van der Waals surface area contributed by atoms with Gasteiger partial charge in [-0.15, -0.1) is 0 Å². The molecule has 1 aromatic rings. The van der Waals surface area contributed by atoms with Gasteiger partial charge in [0.05, 0.1) is 0 Å². The van der Waals surface area contributed by atoms with Gasteiger partial charge in [-0.1, -0.05) is 6.07 Å². The molecule has 2 amide bonds. The van der Waals surface area contributed by atoms with Crippen molar-refractivity contribution in [3.63, 3.8) is 0 Å². The van der Waals surface area contributed by atoms with Crippen LogP contribution in [0.3, 0.4) is 0 Å². The summed E-state index contributed by atoms with van der Waals surface area (Å²) < 4.78 is 10.5. The molecular weight excluding hydrogens is 236 g/mol. The molecule has 6 nitrogen and oxygen atoms in total. The van der Waals surface area contributed by atoms with Crippen molar-refractivity contribution < 1.29 is 19.1 Å². The maximum atomic E-state index is 11.6. The van der Waals surface area contributed by atoms with Crippen LogP contribution in [-0.4, -0.2) is 36.6 Å². The van der Waals surface area contributed by atoms with E-state index in [9.17, 15) is 9.59 Å². The van der Waals surface area contributed by atoms with Crippen molar-refractivity contribution in [2.24, 2.45) is 0 Å². The Hall–Kier alpha value is -2.24. The van der Waals surface area contributed by atoms with Crippen LogP contribution in [0.4, 0.5) is 0 Å². The molecule has 2 aliphatic rings. The number of hydrogen-bond acceptors (Lipinski definition) is 4. The van der Waals surface area contributed by atoms with Gasteiger partial charge < -0.3 is 19.7 Å². The Kier molecular flexibility index (Phi) is 2.55. The minimum atomic E-state index is -0.540. The number of ether oxygens (including phenoxy) is 2. The molecule has 94 valence electrons. The molecular formula is C12H12N2O4. The fraction of sp³-hybridized carbons (Fsp3) is 0.333. The zero-order valence-electron chi connectivity index (χ0n) is 9.64. The summed E-state index contributed by atoms with van der Waals surface area (Å²) in [4.78, 5) is 24.4. The lowest BCUT2D eigenvalue weighted by molar-refractivity contribution is -0.148. The highest BCUT2D eigenvalue weighted by atomic mass is 16.7. The highest BCUT2D eigenvalue weighted by Crippen LogP contribution is 2.32. The maximum absolute atomic E-state index is 11.6. The van der Waals surface area contributed by atoms with E-state index in [0.717, 1.165) is 5.56 Å². The van der Waals surface area contributed by atoms with Crippen LogP contribution in [0.15, 0.2) is 18.2 Å². The monoisotopic (exact) mass is 248 g/mol. The lowest BCUT2D eigenvalue weighted by atomic mass is 10.1. The molecule has 0 unspecified atom stereocenters. The van der Waals surface area contributed by atoms with Crippen molar-refractivity contribution in [1.82, 2.24) is 10.2 Å². The summed E-state index contributed by atoms with van der Waals surface area (Å²) in [6.07, 6.45) is 0. The van der Waals surface area contributed by atoms with Gasteiger partial charge in [0.2, 0.25) is 6.79 Å². The minimum absolute atomic E-state index is 0.226. The quantitative estimate of drug-likeness (QED) is 0.740. The molecule has 0 aliphatic carbocycles. The Bertz CT molecular complexity index is 515. The van der Waals surface area contributed by atoms with E-state index in [1.807, 2.05) is 18.2 Å². The lowest BCUT2D eigenvalue weighted by Gasteiger charge is -2.26. The summed E-state index contributed by atoms with van der Waals surface area (Å²) in [7, 11) is 0. The van der Waals surface area contributed by atoms with Crippen molar-refractivity contribution >= 4 is 11.8 Å². The third kappa shape index (κ3) is 1.85. The molecule has 0 aromatic heterocycles. The van der Waals surface area contributed by atoms with E-state index in [0.29, 0.717) is 31.1 Å². The summed E-state index contributed by atoms with van der Waals surface area (Å²) in [5.41, 5.74) is 0.919. The normalized spacial score (nSPS) is 17.9. The molecule has 1 fully saturated rings. The number of carbonyl (C=O) groups is 2. The Labute approximate surface area is 103 Å². The molecule has 6 heteroatoms. The van der Waals surface area contributed by atoms with Gasteiger partial charge in [-0.2, -0.15) is 0 Å². The van der Waals surface area contributed by atoms with Crippen LogP contribution in [0.25, 0.3) is 0 Å². The van der Waals surface area contributed by atoms with E-state index >= 15 is 0 Å². The van der Waals surface area contributed by atoms with Gasteiger partial charge >= 0.3 is 11.8 Å². The molecule has 0 bridgehead atoms. The average Bonchev–Trinajstić information content (AvgIpc) is 2.82. The van der Waals surface area contributed by atoms with E-state index in [-0.39, 0.29) is 6.79 Å². The number of nitrogens with one attached hydrogen (secondary N) is 1. The zero-order chi connectivity index (χ0) is 12.5. The van der Waals surface area contributed by atoms with Gasteiger partial charge in [-0.3, -0.25) is 9.59 Å². The van der Waals surface area contributed by atoms with Gasteiger partial charge in [0.25, 0.3) is 0 Å². The van der Waals surface area contributed by atoms with Crippen LogP contribution in [0.1, 0.15) is 5.56 Å². The van der Waals surface area contributed by atoms with Crippen molar-refractivity contribution in [3.05, 3.63) is 23.8 Å². The Balaban J connectivity index is 1.76. The molecule has 0 saturated carbocycles. The molecule has 0 radical (unpaired) electrons. The van der Waals surface area contributed by atoms with Gasteiger partial charge in [0.15, 0.2) is 11.5 Å². The maximum Gasteiger partial charge on any atom is 0.312 e. The molecule has 3 rings (SSSR count). The molecule has 2 aliphatic heterocycles. The molecule has 2 heterocycles. The van der Waals surface area contributed by atoms with Crippen LogP contribution >= 0.6 is 0 Å². The predicted octanol–water partition coefficient (Wildman–Crippen LogP) is -0.126. The van der Waals surface area contributed by atoms with Gasteiger partial charge in [0, 0.05) is 19.6 Å². The molecule has 1 N–H and O–H groups in total. The van der Waals surface area contributed by atoms with Crippen molar-refractivity contribution in [3.8, 4) is 11.5 Å². The number of nitrogens with zero attached hydrogens (tertiary/aromatic N) is 1. The number of piperazine rings is 1. The van der Waals surface area contributed by atoms with Gasteiger partial charge in [-0.25, -0.2) is 0 Å². The van der Waals surface area contributed by atoms with Crippen molar-refractivity contribution in [2.45, 2.75) is 6.54 Å². The first-order chi connectivity index (χ1) is 8.74. The molecule has 1 aromatic carbocycles. The second kappa shape index (κ2) is 4.21. The first-order valence-electron chi connectivity index (χ1n) is 5.70. The standard InChI is InChI=1S/C12H12N2O4/c15-11-12(16)14(4-3-13-11)6-8-1-2-9-10(5-8)18-7-17-9/h1-2,5H,3-4,6-7H2,(H,13,15). The smallest absolute Gasteiger partial charge is 0.312 e. The second-order valence-corrected chi connectivity index (χ2v) is 4.17. The summed E-state index contributed by atoms with van der Waals surface area (Å²) in [6.45, 7) is 1.65. The summed E-state index contributed by atoms with van der Waals surface area (Å²) in [6, 6.07) is 5.52. The number of carbonyl (C=O) groups excluding carboxylic acids is 2. The predicted molar refractivity (Wildman–Crippen MR) is 61.0 cm³/mol. The first-order valence-corrected chi connectivity index (χ1v) is 5.70. The summed E-state index contributed by atoms with van der Waals surface area (Å²) in [5.74, 6) is 0.365. The Morgan fingerprint density at radius 3 is 2.94 bits per heavy atom. The Morgan fingerprint density at radius 1 is 1.22 bits per heavy atom. The van der Waals surface area contributed by atoms with Crippen LogP contribution in [0, 0.1) is 0 Å². The minimum Gasteiger partial charge on any atom is -0.454 e. The Morgan fingerprint density at radius 2 is 2.06 bits per heavy atom. The topological polar surface area (TPSA) is 67.9 Å². The average molecular weight is 248 g/mol. The van der Waals surface area contributed by atoms with E-state index in [4.69, 9.17) is 9.47 Å². The van der Waals surface area contributed by atoms with E-state index in [2.05, 4.69) is 5.32 Å². The van der Waals surface area contributed by atoms with Crippen LogP contribution in [0.5, 0.6) is 11.5 Å². The molecule has 18 heavy (non-hydrogen) atoms.